The van der Waals surface area contributed by atoms with Crippen LogP contribution in [0.1, 0.15) is 61.3 Å². The van der Waals surface area contributed by atoms with E-state index < -0.39 is 47.7 Å². The molecule has 25 heteroatoms. The summed E-state index contributed by atoms with van der Waals surface area (Å²) in [7, 11) is 0. The number of aromatic amines is 1. The molecule has 0 atom stereocenters. The molecule has 59 heavy (non-hydrogen) atoms. The first-order valence-electron chi connectivity index (χ1n) is 17.6. The summed E-state index contributed by atoms with van der Waals surface area (Å²) < 4.78 is 112. The molecule has 3 fully saturated rings. The van der Waals surface area contributed by atoms with E-state index in [-0.39, 0.29) is 23.7 Å². The van der Waals surface area contributed by atoms with Gasteiger partial charge in [-0.05, 0) is 44.6 Å². The van der Waals surface area contributed by atoms with Crippen LogP contribution in [0.15, 0.2) is 37.1 Å². The van der Waals surface area contributed by atoms with E-state index >= 15 is 0 Å². The zero-order chi connectivity index (χ0) is 43.3. The van der Waals surface area contributed by atoms with Gasteiger partial charge in [0.2, 0.25) is 11.7 Å². The highest BCUT2D eigenvalue weighted by Crippen LogP contribution is 2.39. The van der Waals surface area contributed by atoms with Crippen molar-refractivity contribution >= 4 is 28.9 Å². The Morgan fingerprint density at radius 1 is 0.932 bits per heavy atom. The minimum absolute atomic E-state index is 0.226. The van der Waals surface area contributed by atoms with Gasteiger partial charge in [0.25, 0.3) is 5.91 Å². The number of carboxylic acid groups (broad SMARTS) is 2. The number of aliphatic carboxylic acids is 2. The van der Waals surface area contributed by atoms with Crippen LogP contribution in [-0.4, -0.2) is 123 Å². The molecule has 2 saturated heterocycles. The number of nitrogens with zero attached hydrogens (tertiary/aromatic N) is 9. The number of fused-ring (bicyclic) bond motifs is 1. The standard InChI is InChI=1S/C30H31F3N10O2.2C2HF3O2/c31-30(32,33)28-39-23(27(44)41-11-1-2-12-41)13-24(40-28)45-21-5-3-20(4-6-21)42-16-29(17-42,8-9-34)43-15-19(14-38-43)25-22-7-10-35-26(22)37-18-36-25;2*3-2(4,5)1(6)7/h7,10,13-15,18,20-21H,1-6,8,11-12,16-17H2,(H,35,36,37);2*(H,6,7)/t20-,21+;;. The Morgan fingerprint density at radius 3 is 2.10 bits per heavy atom. The number of H-pyrrole nitrogens is 1. The summed E-state index contributed by atoms with van der Waals surface area (Å²) in [5.41, 5.74) is 1.60. The Morgan fingerprint density at radius 2 is 1.54 bits per heavy atom. The fourth-order valence-electron chi connectivity index (χ4n) is 6.76. The van der Waals surface area contributed by atoms with Gasteiger partial charge in [0, 0.05) is 61.6 Å². The molecule has 0 bridgehead atoms. The first kappa shape index (κ1) is 44.1. The highest BCUT2D eigenvalue weighted by atomic mass is 19.4. The van der Waals surface area contributed by atoms with E-state index in [1.165, 1.54) is 17.3 Å². The number of ether oxygens (including phenoxy) is 1. The Labute approximate surface area is 326 Å². The summed E-state index contributed by atoms with van der Waals surface area (Å²) in [6, 6.07) is 5.73. The lowest BCUT2D eigenvalue weighted by atomic mass is 9.82. The highest BCUT2D eigenvalue weighted by molar-refractivity contribution is 5.93. The minimum atomic E-state index is -5.08. The highest BCUT2D eigenvalue weighted by Gasteiger charge is 2.48. The summed E-state index contributed by atoms with van der Waals surface area (Å²) in [4.78, 5) is 53.4. The molecule has 2 aliphatic heterocycles. The van der Waals surface area contributed by atoms with E-state index in [1.807, 2.05) is 23.1 Å². The topological polar surface area (TPSA) is 216 Å². The molecule has 1 aliphatic carbocycles. The van der Waals surface area contributed by atoms with Crippen molar-refractivity contribution in [2.24, 2.45) is 0 Å². The number of rotatable bonds is 7. The first-order chi connectivity index (χ1) is 27.6. The van der Waals surface area contributed by atoms with Crippen LogP contribution in [0.4, 0.5) is 39.5 Å². The molecule has 0 unspecified atom stereocenters. The van der Waals surface area contributed by atoms with Gasteiger partial charge in [-0.2, -0.15) is 54.9 Å². The van der Waals surface area contributed by atoms with Crippen molar-refractivity contribution < 1.29 is 68.8 Å². The molecule has 6 heterocycles. The van der Waals surface area contributed by atoms with Crippen molar-refractivity contribution in [2.75, 3.05) is 26.2 Å². The number of halogens is 9. The Kier molecular flexibility index (Phi) is 13.0. The lowest BCUT2D eigenvalue weighted by Crippen LogP contribution is -2.65. The number of nitriles is 1. The number of hydrogen-bond acceptors (Lipinski definition) is 11. The molecule has 1 saturated carbocycles. The predicted octanol–water partition coefficient (Wildman–Crippen LogP) is 5.45. The zero-order valence-corrected chi connectivity index (χ0v) is 30.4. The second kappa shape index (κ2) is 17.4. The molecule has 4 aromatic heterocycles. The lowest BCUT2D eigenvalue weighted by molar-refractivity contribution is -0.193. The smallest absolute Gasteiger partial charge is 0.475 e. The maximum absolute atomic E-state index is 13.6. The van der Waals surface area contributed by atoms with Crippen molar-refractivity contribution in [2.45, 2.75) is 81.2 Å². The van der Waals surface area contributed by atoms with E-state index in [1.54, 1.807) is 6.20 Å². The van der Waals surface area contributed by atoms with Crippen LogP contribution in [0, 0.1) is 11.3 Å². The summed E-state index contributed by atoms with van der Waals surface area (Å²) in [6.07, 6.45) is -3.53. The van der Waals surface area contributed by atoms with E-state index in [2.05, 4.69) is 41.0 Å². The summed E-state index contributed by atoms with van der Waals surface area (Å²) >= 11 is 0. The molecule has 4 aromatic rings. The summed E-state index contributed by atoms with van der Waals surface area (Å²) in [6.45, 7) is 2.31. The molecule has 0 spiro atoms. The summed E-state index contributed by atoms with van der Waals surface area (Å²) in [5.74, 6) is -7.65. The molecule has 7 rings (SSSR count). The fraction of sp³-hybridized carbons (Fsp3) is 0.500. The Hall–Kier alpha value is -6.06. The van der Waals surface area contributed by atoms with Crippen LogP contribution in [0.2, 0.25) is 0 Å². The quantitative estimate of drug-likeness (QED) is 0.198. The van der Waals surface area contributed by atoms with Crippen LogP contribution in [0.5, 0.6) is 5.88 Å². The second-order valence-corrected chi connectivity index (χ2v) is 13.7. The van der Waals surface area contributed by atoms with Gasteiger partial charge in [-0.1, -0.05) is 0 Å². The third kappa shape index (κ3) is 10.7. The van der Waals surface area contributed by atoms with Crippen molar-refractivity contribution in [1.29, 1.82) is 5.26 Å². The van der Waals surface area contributed by atoms with Crippen LogP contribution < -0.4 is 4.74 Å². The van der Waals surface area contributed by atoms with Crippen LogP contribution in [0.3, 0.4) is 0 Å². The lowest BCUT2D eigenvalue weighted by Gasteiger charge is -2.53. The van der Waals surface area contributed by atoms with Gasteiger partial charge in [0.05, 0.1) is 24.4 Å². The molecule has 1 amide bonds. The average molecular weight is 849 g/mol. The maximum atomic E-state index is 13.6. The van der Waals surface area contributed by atoms with Gasteiger partial charge >= 0.3 is 30.5 Å². The normalized spacial score (nSPS) is 19.4. The number of carbonyl (C=O) groups excluding carboxylic acids is 1. The molecule has 16 nitrogen and oxygen atoms in total. The monoisotopic (exact) mass is 848 g/mol. The number of amides is 1. The van der Waals surface area contributed by atoms with E-state index in [4.69, 9.17) is 24.5 Å². The first-order valence-corrected chi connectivity index (χ1v) is 17.6. The van der Waals surface area contributed by atoms with Gasteiger partial charge in [0.1, 0.15) is 29.3 Å². The van der Waals surface area contributed by atoms with Crippen molar-refractivity contribution in [3.8, 4) is 23.2 Å². The third-order valence-corrected chi connectivity index (χ3v) is 9.60. The molecule has 0 aromatic carbocycles. The SMILES string of the molecule is N#CCC1(n2cc(-c3ncnc4[nH]ccc34)cn2)CN([C@H]2CC[C@@H](Oc3cc(C(=O)N4CCCC4)nc(C(F)(F)F)n3)CC2)C1.O=C(O)C(F)(F)F.O=C(O)C(F)(F)F. The predicted molar refractivity (Wildman–Crippen MR) is 181 cm³/mol. The Balaban J connectivity index is 0.000000407. The van der Waals surface area contributed by atoms with Gasteiger partial charge in [-0.3, -0.25) is 14.4 Å². The van der Waals surface area contributed by atoms with Crippen LogP contribution in [-0.2, 0) is 21.3 Å². The number of alkyl halides is 9. The van der Waals surface area contributed by atoms with Crippen molar-refractivity contribution in [3.63, 3.8) is 0 Å². The molecule has 3 aliphatic rings. The average Bonchev–Trinajstić information content (AvgIpc) is 3.95. The Bertz CT molecular complexity index is 2140. The maximum Gasteiger partial charge on any atom is 0.490 e. The molecular formula is C34H33F9N10O6. The number of carbonyl (C=O) groups is 3. The number of aromatic nitrogens is 7. The number of hydrogen-bond donors (Lipinski definition) is 3. The molecule has 318 valence electrons. The van der Waals surface area contributed by atoms with Crippen molar-refractivity contribution in [1.82, 2.24) is 44.5 Å². The second-order valence-electron chi connectivity index (χ2n) is 13.7. The van der Waals surface area contributed by atoms with Gasteiger partial charge in [-0.15, -0.1) is 0 Å². The van der Waals surface area contributed by atoms with Crippen molar-refractivity contribution in [3.05, 3.63) is 48.6 Å². The van der Waals surface area contributed by atoms with Crippen LogP contribution in [0.25, 0.3) is 22.3 Å². The van der Waals surface area contributed by atoms with E-state index in [9.17, 15) is 49.6 Å². The van der Waals surface area contributed by atoms with Gasteiger partial charge in [0.15, 0.2) is 0 Å². The molecular weight excluding hydrogens is 815 g/mol. The molecule has 0 radical (unpaired) electrons. The number of likely N-dealkylation sites (tertiary alicyclic amines) is 2. The fourth-order valence-corrected chi connectivity index (χ4v) is 6.76. The summed E-state index contributed by atoms with van der Waals surface area (Å²) in [5, 5.41) is 29.4. The van der Waals surface area contributed by atoms with E-state index in [0.717, 1.165) is 48.0 Å². The van der Waals surface area contributed by atoms with Crippen LogP contribution >= 0.6 is 0 Å². The van der Waals surface area contributed by atoms with Gasteiger partial charge in [-0.25, -0.2) is 24.5 Å². The number of carboxylic acids is 2. The van der Waals surface area contributed by atoms with E-state index in [0.29, 0.717) is 45.4 Å². The molecule has 3 N–H and O–H groups in total. The minimum Gasteiger partial charge on any atom is -0.475 e. The number of nitrogens with one attached hydrogen (secondary N) is 1. The largest absolute Gasteiger partial charge is 0.490 e. The van der Waals surface area contributed by atoms with Gasteiger partial charge < -0.3 is 24.8 Å². The zero-order valence-electron chi connectivity index (χ0n) is 30.4. The third-order valence-electron chi connectivity index (χ3n) is 9.60.